The monoisotopic (exact) mass is 530 g/mol. The Bertz CT molecular complexity index is 1270. The van der Waals surface area contributed by atoms with Gasteiger partial charge in [0.25, 0.3) is 5.91 Å². The maximum absolute atomic E-state index is 13.8. The van der Waals surface area contributed by atoms with Gasteiger partial charge >= 0.3 is 0 Å². The van der Waals surface area contributed by atoms with Gasteiger partial charge < -0.3 is 9.64 Å². The molecule has 0 saturated heterocycles. The number of ether oxygens (including phenoxy) is 1. The van der Waals surface area contributed by atoms with E-state index >= 15 is 0 Å². The lowest BCUT2D eigenvalue weighted by molar-refractivity contribution is 0.0966. The van der Waals surface area contributed by atoms with Crippen LogP contribution in [-0.2, 0) is 0 Å². The number of benzene rings is 3. The van der Waals surface area contributed by atoms with Crippen LogP contribution in [0.1, 0.15) is 10.4 Å². The second kappa shape index (κ2) is 9.67. The van der Waals surface area contributed by atoms with Gasteiger partial charge in [-0.2, -0.15) is 0 Å². The predicted molar refractivity (Wildman–Crippen MR) is 135 cm³/mol. The highest BCUT2D eigenvalue weighted by molar-refractivity contribution is 9.10. The summed E-state index contributed by atoms with van der Waals surface area (Å²) in [6.07, 6.45) is 0. The highest BCUT2D eigenvalue weighted by Gasteiger charge is 2.27. The lowest BCUT2D eigenvalue weighted by Crippen LogP contribution is -2.19. The van der Waals surface area contributed by atoms with Gasteiger partial charge in [0.1, 0.15) is 6.61 Å². The number of rotatable bonds is 6. The molecule has 0 aliphatic heterocycles. The van der Waals surface area contributed by atoms with Crippen LogP contribution in [0.3, 0.4) is 0 Å². The van der Waals surface area contributed by atoms with E-state index in [1.165, 1.54) is 0 Å². The Balaban J connectivity index is 2.02. The summed E-state index contributed by atoms with van der Waals surface area (Å²) in [6, 6.07) is 20.4. The van der Waals surface area contributed by atoms with Gasteiger partial charge in [0.15, 0.2) is 5.75 Å². The molecule has 0 spiro atoms. The van der Waals surface area contributed by atoms with Crippen molar-refractivity contribution in [3.8, 4) is 17.0 Å². The molecule has 1 aromatic heterocycles. The average molecular weight is 532 g/mol. The number of hydrogen-bond acceptors (Lipinski definition) is 3. The molecule has 32 heavy (non-hydrogen) atoms. The predicted octanol–water partition coefficient (Wildman–Crippen LogP) is 7.01. The van der Waals surface area contributed by atoms with Crippen LogP contribution in [0.2, 0.25) is 10.0 Å². The van der Waals surface area contributed by atoms with Crippen molar-refractivity contribution in [2.75, 3.05) is 27.2 Å². The number of halogens is 3. The van der Waals surface area contributed by atoms with Gasteiger partial charge in [0.2, 0.25) is 0 Å². The fourth-order valence-electron chi connectivity index (χ4n) is 3.56. The van der Waals surface area contributed by atoms with Crippen molar-refractivity contribution in [3.63, 3.8) is 0 Å². The number of likely N-dealkylation sites (N-methyl/N-ethyl adjacent to an activating group) is 1. The Hall–Kier alpha value is -2.31. The summed E-state index contributed by atoms with van der Waals surface area (Å²) in [5.74, 6) is 0.385. The van der Waals surface area contributed by atoms with Crippen LogP contribution in [0, 0.1) is 0 Å². The van der Waals surface area contributed by atoms with E-state index in [0.717, 1.165) is 16.6 Å². The summed E-state index contributed by atoms with van der Waals surface area (Å²) in [5, 5.41) is 1.57. The summed E-state index contributed by atoms with van der Waals surface area (Å²) in [7, 11) is 3.96. The minimum atomic E-state index is -0.201. The van der Waals surface area contributed by atoms with Gasteiger partial charge in [-0.1, -0.05) is 69.5 Å². The molecule has 0 bridgehead atoms. The molecule has 3 aromatic carbocycles. The zero-order chi connectivity index (χ0) is 22.8. The molecule has 7 heteroatoms. The van der Waals surface area contributed by atoms with Crippen LogP contribution in [-0.4, -0.2) is 42.6 Å². The zero-order valence-electron chi connectivity index (χ0n) is 17.6. The first-order valence-electron chi connectivity index (χ1n) is 10.0. The molecule has 0 atom stereocenters. The van der Waals surface area contributed by atoms with Gasteiger partial charge in [-0.3, -0.25) is 9.36 Å². The van der Waals surface area contributed by atoms with Gasteiger partial charge in [-0.25, -0.2) is 0 Å². The molecule has 0 N–H and O–H groups in total. The SMILES string of the molecule is CN(C)CCOc1c(-c2ccccc2)n(C(=O)c2ccc(Br)cc2)c2c(Cl)cc(Cl)cc12. The van der Waals surface area contributed by atoms with E-state index in [0.29, 0.717) is 44.6 Å². The van der Waals surface area contributed by atoms with E-state index < -0.39 is 0 Å². The van der Waals surface area contributed by atoms with Crippen LogP contribution in [0.5, 0.6) is 5.75 Å². The number of nitrogens with zero attached hydrogens (tertiary/aromatic N) is 2. The molecule has 0 aliphatic rings. The topological polar surface area (TPSA) is 34.5 Å². The number of carbonyl (C=O) groups excluding carboxylic acids is 1. The van der Waals surface area contributed by atoms with E-state index in [-0.39, 0.29) is 5.91 Å². The average Bonchev–Trinajstić information content (AvgIpc) is 3.08. The van der Waals surface area contributed by atoms with Crippen LogP contribution >= 0.6 is 39.1 Å². The largest absolute Gasteiger partial charge is 0.489 e. The van der Waals surface area contributed by atoms with Crippen LogP contribution in [0.15, 0.2) is 71.2 Å². The molecule has 164 valence electrons. The molecule has 0 saturated carbocycles. The number of hydrogen-bond donors (Lipinski definition) is 0. The molecule has 0 fully saturated rings. The smallest absolute Gasteiger partial charge is 0.263 e. The van der Waals surface area contributed by atoms with Gasteiger partial charge in [-0.05, 0) is 50.5 Å². The first-order chi connectivity index (χ1) is 15.4. The molecule has 0 aliphatic carbocycles. The van der Waals surface area contributed by atoms with Crippen molar-refractivity contribution in [3.05, 3.63) is 86.8 Å². The number of fused-ring (bicyclic) bond motifs is 1. The standard InChI is InChI=1S/C25H21BrCl2N2O2/c1-29(2)12-13-32-24-20-14-19(27)15-21(28)23(20)30(22(24)16-6-4-3-5-7-16)25(31)17-8-10-18(26)11-9-17/h3-11,14-15H,12-13H2,1-2H3. The summed E-state index contributed by atoms with van der Waals surface area (Å²) in [5.41, 5.74) is 2.61. The van der Waals surface area contributed by atoms with Crippen LogP contribution in [0.25, 0.3) is 22.2 Å². The minimum absolute atomic E-state index is 0.201. The third kappa shape index (κ3) is 4.57. The van der Waals surface area contributed by atoms with E-state index in [1.54, 1.807) is 28.8 Å². The summed E-state index contributed by atoms with van der Waals surface area (Å²) < 4.78 is 8.80. The molecule has 4 rings (SSSR count). The summed E-state index contributed by atoms with van der Waals surface area (Å²) >= 11 is 16.4. The highest BCUT2D eigenvalue weighted by atomic mass is 79.9. The fraction of sp³-hybridized carbons (Fsp3) is 0.160. The maximum atomic E-state index is 13.8. The van der Waals surface area contributed by atoms with E-state index in [2.05, 4.69) is 15.9 Å². The zero-order valence-corrected chi connectivity index (χ0v) is 20.7. The van der Waals surface area contributed by atoms with Crippen LogP contribution < -0.4 is 4.74 Å². The second-order valence-electron chi connectivity index (χ2n) is 7.63. The third-order valence-corrected chi connectivity index (χ3v) is 6.10. The van der Waals surface area contributed by atoms with Crippen molar-refractivity contribution in [2.45, 2.75) is 0 Å². The second-order valence-corrected chi connectivity index (χ2v) is 9.39. The molecule has 1 heterocycles. The van der Waals surface area contributed by atoms with E-state index in [9.17, 15) is 4.79 Å². The Labute approximate surface area is 205 Å². The number of aromatic nitrogens is 1. The van der Waals surface area contributed by atoms with E-state index in [1.807, 2.05) is 61.5 Å². The normalized spacial score (nSPS) is 11.3. The Kier molecular flexibility index (Phi) is 6.91. The first kappa shape index (κ1) is 22.9. The van der Waals surface area contributed by atoms with Gasteiger partial charge in [0.05, 0.1) is 16.2 Å². The Morgan fingerprint density at radius 3 is 2.38 bits per heavy atom. The summed E-state index contributed by atoms with van der Waals surface area (Å²) in [4.78, 5) is 15.8. The molecule has 0 amide bonds. The first-order valence-corrected chi connectivity index (χ1v) is 11.6. The van der Waals surface area contributed by atoms with Crippen molar-refractivity contribution in [2.24, 2.45) is 0 Å². The van der Waals surface area contributed by atoms with E-state index in [4.69, 9.17) is 27.9 Å². The number of carbonyl (C=O) groups is 1. The maximum Gasteiger partial charge on any atom is 0.263 e. The van der Waals surface area contributed by atoms with Crippen molar-refractivity contribution in [1.29, 1.82) is 0 Å². The lowest BCUT2D eigenvalue weighted by atomic mass is 10.1. The van der Waals surface area contributed by atoms with Gasteiger partial charge in [-0.15, -0.1) is 0 Å². The summed E-state index contributed by atoms with van der Waals surface area (Å²) in [6.45, 7) is 1.17. The molecular weight excluding hydrogens is 511 g/mol. The molecule has 4 nitrogen and oxygen atoms in total. The highest BCUT2D eigenvalue weighted by Crippen LogP contribution is 2.44. The lowest BCUT2D eigenvalue weighted by Gasteiger charge is -2.14. The molecular formula is C25H21BrCl2N2O2. The minimum Gasteiger partial charge on any atom is -0.489 e. The molecule has 0 radical (unpaired) electrons. The quantitative estimate of drug-likeness (QED) is 0.268. The Morgan fingerprint density at radius 2 is 1.72 bits per heavy atom. The van der Waals surface area contributed by atoms with Gasteiger partial charge in [0, 0.05) is 32.6 Å². The fourth-order valence-corrected chi connectivity index (χ4v) is 4.41. The molecule has 4 aromatic rings. The Morgan fingerprint density at radius 1 is 1.03 bits per heavy atom. The third-order valence-electron chi connectivity index (χ3n) is 5.06. The van der Waals surface area contributed by atoms with Crippen LogP contribution in [0.4, 0.5) is 0 Å². The van der Waals surface area contributed by atoms with Crippen molar-refractivity contribution >= 4 is 55.9 Å². The molecule has 0 unspecified atom stereocenters. The van der Waals surface area contributed by atoms with Crippen molar-refractivity contribution in [1.82, 2.24) is 9.47 Å². The van der Waals surface area contributed by atoms with Crippen molar-refractivity contribution < 1.29 is 9.53 Å².